The molecule has 3 aromatic rings. The second-order valence-electron chi connectivity index (χ2n) is 4.42. The molecular weight excluding hydrogens is 356 g/mol. The number of thiophene rings is 1. The van der Waals surface area contributed by atoms with Gasteiger partial charge < -0.3 is 9.15 Å². The molecule has 0 atom stereocenters. The summed E-state index contributed by atoms with van der Waals surface area (Å²) in [6, 6.07) is 10.7. The number of methoxy groups -OCH3 is 1. The Hall–Kier alpha value is -1.83. The first kappa shape index (κ1) is 16.0. The number of carbonyl (C=O) groups excluding carboxylic acids is 1. The molecule has 0 unspecified atom stereocenters. The highest BCUT2D eigenvalue weighted by Crippen LogP contribution is 2.27. The van der Waals surface area contributed by atoms with Crippen molar-refractivity contribution in [1.82, 2.24) is 10.2 Å². The Labute approximate surface area is 145 Å². The first-order valence-corrected chi connectivity index (χ1v) is 8.73. The molecule has 0 amide bonds. The molecule has 0 aliphatic rings. The van der Waals surface area contributed by atoms with Crippen molar-refractivity contribution in [3.8, 4) is 17.2 Å². The molecule has 118 valence electrons. The van der Waals surface area contributed by atoms with Crippen LogP contribution in [0.25, 0.3) is 11.5 Å². The van der Waals surface area contributed by atoms with Crippen molar-refractivity contribution in [3.05, 3.63) is 45.6 Å². The second-order valence-corrected chi connectivity index (χ2v) is 7.06. The first-order valence-electron chi connectivity index (χ1n) is 6.55. The molecule has 0 saturated heterocycles. The maximum Gasteiger partial charge on any atom is 0.277 e. The van der Waals surface area contributed by atoms with Crippen LogP contribution >= 0.6 is 34.7 Å². The lowest BCUT2D eigenvalue weighted by Crippen LogP contribution is -1.98. The van der Waals surface area contributed by atoms with E-state index in [1.165, 1.54) is 23.1 Å². The van der Waals surface area contributed by atoms with Gasteiger partial charge in [0.15, 0.2) is 5.78 Å². The zero-order valence-corrected chi connectivity index (χ0v) is 14.4. The van der Waals surface area contributed by atoms with Crippen LogP contribution in [-0.4, -0.2) is 28.8 Å². The van der Waals surface area contributed by atoms with Crippen LogP contribution in [0.2, 0.25) is 4.34 Å². The van der Waals surface area contributed by atoms with Crippen molar-refractivity contribution < 1.29 is 13.9 Å². The molecule has 0 fully saturated rings. The van der Waals surface area contributed by atoms with Crippen LogP contribution in [0.15, 0.2) is 46.0 Å². The summed E-state index contributed by atoms with van der Waals surface area (Å²) in [5.74, 6) is 1.36. The highest BCUT2D eigenvalue weighted by atomic mass is 35.5. The number of ether oxygens (including phenoxy) is 1. The predicted octanol–water partition coefficient (Wildman–Crippen LogP) is 4.44. The number of halogens is 1. The molecule has 8 heteroatoms. The van der Waals surface area contributed by atoms with Gasteiger partial charge in [-0.05, 0) is 36.4 Å². The number of Topliss-reactive ketones (excluding diaryl/α,β-unsaturated/α-hetero) is 1. The van der Waals surface area contributed by atoms with Crippen LogP contribution in [0.1, 0.15) is 9.67 Å². The van der Waals surface area contributed by atoms with Gasteiger partial charge in [0, 0.05) is 5.56 Å². The number of thioether (sulfide) groups is 1. The summed E-state index contributed by atoms with van der Waals surface area (Å²) in [7, 11) is 1.61. The van der Waals surface area contributed by atoms with E-state index < -0.39 is 0 Å². The van der Waals surface area contributed by atoms with Crippen molar-refractivity contribution in [3.63, 3.8) is 0 Å². The molecule has 2 aromatic heterocycles. The molecule has 0 saturated carbocycles. The minimum Gasteiger partial charge on any atom is -0.497 e. The molecule has 5 nitrogen and oxygen atoms in total. The Balaban J connectivity index is 1.63. The van der Waals surface area contributed by atoms with Gasteiger partial charge in [-0.1, -0.05) is 23.4 Å². The topological polar surface area (TPSA) is 65.2 Å². The average molecular weight is 367 g/mol. The lowest BCUT2D eigenvalue weighted by atomic mass is 10.2. The molecule has 0 N–H and O–H groups in total. The summed E-state index contributed by atoms with van der Waals surface area (Å²) in [5.41, 5.74) is 0.793. The van der Waals surface area contributed by atoms with Crippen LogP contribution in [-0.2, 0) is 0 Å². The van der Waals surface area contributed by atoms with Gasteiger partial charge in [0.25, 0.3) is 5.22 Å². The Morgan fingerprint density at radius 2 is 2.04 bits per heavy atom. The maximum atomic E-state index is 12.0. The highest BCUT2D eigenvalue weighted by molar-refractivity contribution is 7.99. The number of ketones is 1. The average Bonchev–Trinajstić information content (AvgIpc) is 3.22. The normalized spacial score (nSPS) is 10.7. The molecule has 3 rings (SSSR count). The summed E-state index contributed by atoms with van der Waals surface area (Å²) in [6.45, 7) is 0. The zero-order chi connectivity index (χ0) is 16.2. The molecule has 0 bridgehead atoms. The maximum absolute atomic E-state index is 12.0. The number of hydrogen-bond acceptors (Lipinski definition) is 7. The van der Waals surface area contributed by atoms with E-state index in [1.807, 2.05) is 24.3 Å². The number of rotatable bonds is 6. The van der Waals surface area contributed by atoms with Gasteiger partial charge in [-0.25, -0.2) is 0 Å². The van der Waals surface area contributed by atoms with Crippen molar-refractivity contribution in [1.29, 1.82) is 0 Å². The molecular formula is C15H11ClN2O3S2. The smallest absolute Gasteiger partial charge is 0.277 e. The molecule has 0 spiro atoms. The van der Waals surface area contributed by atoms with Gasteiger partial charge in [-0.3, -0.25) is 4.79 Å². The Morgan fingerprint density at radius 3 is 2.70 bits per heavy atom. The number of hydrogen-bond donors (Lipinski definition) is 0. The van der Waals surface area contributed by atoms with Crippen molar-refractivity contribution >= 4 is 40.5 Å². The van der Waals surface area contributed by atoms with Crippen LogP contribution < -0.4 is 4.74 Å². The largest absolute Gasteiger partial charge is 0.497 e. The molecule has 23 heavy (non-hydrogen) atoms. The SMILES string of the molecule is COc1ccc(-c2nnc(SCC(=O)c3ccc(Cl)s3)o2)cc1. The number of aromatic nitrogens is 2. The summed E-state index contributed by atoms with van der Waals surface area (Å²) in [4.78, 5) is 12.6. The fourth-order valence-corrected chi connectivity index (χ4v) is 3.50. The second kappa shape index (κ2) is 7.16. The first-order chi connectivity index (χ1) is 11.2. The van der Waals surface area contributed by atoms with Gasteiger partial charge in [0.05, 0.1) is 22.1 Å². The summed E-state index contributed by atoms with van der Waals surface area (Å²) in [6.07, 6.45) is 0. The number of nitrogens with zero attached hydrogens (tertiary/aromatic N) is 2. The van der Waals surface area contributed by atoms with E-state index >= 15 is 0 Å². The van der Waals surface area contributed by atoms with Crippen molar-refractivity contribution in [2.45, 2.75) is 5.22 Å². The van der Waals surface area contributed by atoms with Crippen LogP contribution in [0.3, 0.4) is 0 Å². The standard InChI is InChI=1S/C15H11ClN2O3S2/c1-20-10-4-2-9(3-5-10)14-17-18-15(21-14)22-8-11(19)12-6-7-13(16)23-12/h2-7H,8H2,1H3. The summed E-state index contributed by atoms with van der Waals surface area (Å²) < 4.78 is 11.3. The third kappa shape index (κ3) is 3.93. The Morgan fingerprint density at radius 1 is 1.26 bits per heavy atom. The van der Waals surface area contributed by atoms with E-state index in [0.717, 1.165) is 11.3 Å². The number of benzene rings is 1. The van der Waals surface area contributed by atoms with Gasteiger partial charge in [0.2, 0.25) is 5.89 Å². The van der Waals surface area contributed by atoms with Gasteiger partial charge in [-0.15, -0.1) is 21.5 Å². The van der Waals surface area contributed by atoms with E-state index in [1.54, 1.807) is 19.2 Å². The molecule has 2 heterocycles. The zero-order valence-electron chi connectivity index (χ0n) is 12.0. The quantitative estimate of drug-likeness (QED) is 0.474. The molecule has 1 aromatic carbocycles. The fourth-order valence-electron chi connectivity index (χ4n) is 1.78. The van der Waals surface area contributed by atoms with E-state index in [4.69, 9.17) is 20.8 Å². The third-order valence-electron chi connectivity index (χ3n) is 2.92. The van der Waals surface area contributed by atoms with Crippen molar-refractivity contribution in [2.24, 2.45) is 0 Å². The minimum atomic E-state index is -0.0175. The van der Waals surface area contributed by atoms with Crippen LogP contribution in [0.4, 0.5) is 0 Å². The van der Waals surface area contributed by atoms with Crippen LogP contribution in [0.5, 0.6) is 5.75 Å². The molecule has 0 aliphatic heterocycles. The summed E-state index contributed by atoms with van der Waals surface area (Å²) >= 11 is 8.29. The lowest BCUT2D eigenvalue weighted by Gasteiger charge is -1.99. The molecule has 0 radical (unpaired) electrons. The highest BCUT2D eigenvalue weighted by Gasteiger charge is 2.13. The Bertz CT molecular complexity index is 814. The summed E-state index contributed by atoms with van der Waals surface area (Å²) in [5, 5.41) is 8.29. The van der Waals surface area contributed by atoms with E-state index in [-0.39, 0.29) is 11.5 Å². The van der Waals surface area contributed by atoms with E-state index in [0.29, 0.717) is 20.3 Å². The van der Waals surface area contributed by atoms with Gasteiger partial charge in [-0.2, -0.15) is 0 Å². The van der Waals surface area contributed by atoms with Gasteiger partial charge in [0.1, 0.15) is 5.75 Å². The van der Waals surface area contributed by atoms with Crippen LogP contribution in [0, 0.1) is 0 Å². The monoisotopic (exact) mass is 366 g/mol. The van der Waals surface area contributed by atoms with E-state index in [2.05, 4.69) is 10.2 Å². The van der Waals surface area contributed by atoms with Crippen molar-refractivity contribution in [2.75, 3.05) is 12.9 Å². The predicted molar refractivity (Wildman–Crippen MR) is 90.7 cm³/mol. The molecule has 0 aliphatic carbocycles. The minimum absolute atomic E-state index is 0.0175. The fraction of sp³-hybridized carbons (Fsp3) is 0.133. The third-order valence-corrected chi connectivity index (χ3v) is 5.01. The Kier molecular flexibility index (Phi) is 5.00. The van der Waals surface area contributed by atoms with Gasteiger partial charge >= 0.3 is 0 Å². The lowest BCUT2D eigenvalue weighted by molar-refractivity contribution is 0.102. The van der Waals surface area contributed by atoms with E-state index in [9.17, 15) is 4.79 Å². The number of carbonyl (C=O) groups is 1.